The number of hydrogen-bond donors (Lipinski definition) is 5. The predicted molar refractivity (Wildman–Crippen MR) is 187 cm³/mol. The molecule has 0 aromatic heterocycles. The van der Waals surface area contributed by atoms with Crippen molar-refractivity contribution in [2.45, 2.75) is 58.7 Å². The molecule has 0 saturated carbocycles. The summed E-state index contributed by atoms with van der Waals surface area (Å²) in [5.41, 5.74) is 2.79. The van der Waals surface area contributed by atoms with Crippen LogP contribution in [0.1, 0.15) is 59.5 Å². The van der Waals surface area contributed by atoms with E-state index in [1.54, 1.807) is 38.3 Å². The monoisotopic (exact) mass is 707 g/mol. The largest absolute Gasteiger partial charge is 0.496 e. The standard InChI is InChI=1S/C36H46BrN5O5/c1-6-38-36(46)32(23(2)3)42-33(43)24(4)40-22-29(19-25-11-8-7-9-12-25)41-35(45)28-14-10-13-27(21-28)34(44)39-18-17-26-15-16-31(47-5)30(37)20-26/h7-16,20-21,23-24,29,32,40H,6,17-19,22H2,1-5H3,(H,38,46)(H,39,44)(H,41,45)(H,42,43)/t24-,29-,32-/m0/s1. The number of halogens is 1. The molecular weight excluding hydrogens is 662 g/mol. The Kier molecular flexibility index (Phi) is 14.9. The molecule has 252 valence electrons. The van der Waals surface area contributed by atoms with Crippen molar-refractivity contribution < 1.29 is 23.9 Å². The smallest absolute Gasteiger partial charge is 0.251 e. The van der Waals surface area contributed by atoms with Crippen LogP contribution < -0.4 is 31.3 Å². The lowest BCUT2D eigenvalue weighted by molar-refractivity contribution is -0.130. The number of benzene rings is 3. The number of nitrogens with one attached hydrogen (secondary N) is 5. The molecule has 0 aliphatic rings. The number of ether oxygens (including phenoxy) is 1. The van der Waals surface area contributed by atoms with Crippen LogP contribution in [0.15, 0.2) is 77.3 Å². The van der Waals surface area contributed by atoms with Gasteiger partial charge in [-0.3, -0.25) is 19.2 Å². The fourth-order valence-electron chi connectivity index (χ4n) is 4.94. The van der Waals surface area contributed by atoms with Crippen LogP contribution in [0.5, 0.6) is 5.75 Å². The normalized spacial score (nSPS) is 12.8. The molecule has 0 saturated heterocycles. The van der Waals surface area contributed by atoms with Gasteiger partial charge in [0, 0.05) is 36.8 Å². The van der Waals surface area contributed by atoms with Crippen molar-refractivity contribution >= 4 is 39.6 Å². The minimum Gasteiger partial charge on any atom is -0.496 e. The maximum atomic E-state index is 13.4. The van der Waals surface area contributed by atoms with E-state index in [0.717, 1.165) is 21.3 Å². The minimum atomic E-state index is -0.652. The first kappa shape index (κ1) is 37.2. The summed E-state index contributed by atoms with van der Waals surface area (Å²) in [6.07, 6.45) is 1.15. The summed E-state index contributed by atoms with van der Waals surface area (Å²) in [4.78, 5) is 51.8. The highest BCUT2D eigenvalue weighted by Crippen LogP contribution is 2.25. The van der Waals surface area contributed by atoms with E-state index in [-0.39, 0.29) is 35.6 Å². The van der Waals surface area contributed by atoms with Crippen LogP contribution in [0.2, 0.25) is 0 Å². The molecule has 0 bridgehead atoms. The fourth-order valence-corrected chi connectivity index (χ4v) is 5.53. The van der Waals surface area contributed by atoms with E-state index in [1.165, 1.54) is 0 Å². The van der Waals surface area contributed by atoms with Gasteiger partial charge in [0.25, 0.3) is 11.8 Å². The Morgan fingerprint density at radius 1 is 0.787 bits per heavy atom. The molecule has 5 N–H and O–H groups in total. The first-order valence-corrected chi connectivity index (χ1v) is 16.7. The number of rotatable bonds is 17. The Hall–Kier alpha value is -4.22. The molecular formula is C36H46BrN5O5. The van der Waals surface area contributed by atoms with E-state index < -0.39 is 12.1 Å². The second-order valence-corrected chi connectivity index (χ2v) is 12.5. The first-order chi connectivity index (χ1) is 22.5. The van der Waals surface area contributed by atoms with Crippen LogP contribution >= 0.6 is 15.9 Å². The second-order valence-electron chi connectivity index (χ2n) is 11.7. The summed E-state index contributed by atoms with van der Waals surface area (Å²) in [7, 11) is 1.61. The second kappa shape index (κ2) is 18.8. The van der Waals surface area contributed by atoms with Crippen LogP contribution in [0.25, 0.3) is 0 Å². The molecule has 0 unspecified atom stereocenters. The van der Waals surface area contributed by atoms with Gasteiger partial charge in [-0.1, -0.05) is 56.3 Å². The van der Waals surface area contributed by atoms with Crippen LogP contribution in [-0.4, -0.2) is 68.5 Å². The van der Waals surface area contributed by atoms with Gasteiger partial charge in [0.1, 0.15) is 11.8 Å². The molecule has 3 rings (SSSR count). The molecule has 0 aliphatic heterocycles. The molecule has 3 aromatic rings. The summed E-state index contributed by atoms with van der Waals surface area (Å²) >= 11 is 3.48. The lowest BCUT2D eigenvalue weighted by atomic mass is 10.0. The summed E-state index contributed by atoms with van der Waals surface area (Å²) in [5.74, 6) is -0.489. The van der Waals surface area contributed by atoms with Gasteiger partial charge in [0.15, 0.2) is 0 Å². The molecule has 0 aliphatic carbocycles. The van der Waals surface area contributed by atoms with E-state index in [0.29, 0.717) is 43.6 Å². The van der Waals surface area contributed by atoms with Crippen molar-refractivity contribution in [1.29, 1.82) is 0 Å². The van der Waals surface area contributed by atoms with Crippen molar-refractivity contribution in [2.75, 3.05) is 26.7 Å². The van der Waals surface area contributed by atoms with Crippen LogP contribution in [0.3, 0.4) is 0 Å². The Labute approximate surface area is 285 Å². The molecule has 0 heterocycles. The van der Waals surface area contributed by atoms with E-state index >= 15 is 0 Å². The molecule has 10 nitrogen and oxygen atoms in total. The van der Waals surface area contributed by atoms with Gasteiger partial charge < -0.3 is 31.3 Å². The molecule has 3 aromatic carbocycles. The molecule has 0 radical (unpaired) electrons. The van der Waals surface area contributed by atoms with Crippen molar-refractivity contribution in [3.05, 3.63) is 99.5 Å². The van der Waals surface area contributed by atoms with E-state index in [9.17, 15) is 19.2 Å². The zero-order valence-electron chi connectivity index (χ0n) is 27.7. The van der Waals surface area contributed by atoms with Crippen LogP contribution in [-0.2, 0) is 22.4 Å². The summed E-state index contributed by atoms with van der Waals surface area (Å²) in [6.45, 7) is 8.51. The molecule has 0 spiro atoms. The maximum absolute atomic E-state index is 13.4. The van der Waals surface area contributed by atoms with Crippen LogP contribution in [0, 0.1) is 5.92 Å². The third-order valence-corrected chi connectivity index (χ3v) is 8.24. The Balaban J connectivity index is 1.63. The average Bonchev–Trinajstić information content (AvgIpc) is 3.06. The van der Waals surface area contributed by atoms with Crippen molar-refractivity contribution in [2.24, 2.45) is 5.92 Å². The maximum Gasteiger partial charge on any atom is 0.251 e. The van der Waals surface area contributed by atoms with E-state index in [1.807, 2.05) is 69.3 Å². The predicted octanol–water partition coefficient (Wildman–Crippen LogP) is 4.03. The number of amides is 4. The summed E-state index contributed by atoms with van der Waals surface area (Å²) < 4.78 is 6.12. The highest BCUT2D eigenvalue weighted by molar-refractivity contribution is 9.10. The quantitative estimate of drug-likeness (QED) is 0.144. The molecule has 3 atom stereocenters. The fraction of sp³-hybridized carbons (Fsp3) is 0.389. The number of carbonyl (C=O) groups is 4. The van der Waals surface area contributed by atoms with Gasteiger partial charge in [-0.15, -0.1) is 0 Å². The van der Waals surface area contributed by atoms with Crippen molar-refractivity contribution in [1.82, 2.24) is 26.6 Å². The van der Waals surface area contributed by atoms with E-state index in [2.05, 4.69) is 42.5 Å². The topological polar surface area (TPSA) is 138 Å². The number of likely N-dealkylation sites (N-methyl/N-ethyl adjacent to an activating group) is 1. The highest BCUT2D eigenvalue weighted by Gasteiger charge is 2.26. The number of methoxy groups -OCH3 is 1. The van der Waals surface area contributed by atoms with Crippen molar-refractivity contribution in [3.63, 3.8) is 0 Å². The molecule has 11 heteroatoms. The Morgan fingerprint density at radius 3 is 2.13 bits per heavy atom. The lowest BCUT2D eigenvalue weighted by Crippen LogP contribution is -2.55. The van der Waals surface area contributed by atoms with Gasteiger partial charge in [-0.2, -0.15) is 0 Å². The zero-order chi connectivity index (χ0) is 34.3. The SMILES string of the molecule is CCNC(=O)[C@@H](NC(=O)[C@H](C)NC[C@H](Cc1ccccc1)NC(=O)c1cccc(C(=O)NCCc2ccc(OC)c(Br)c2)c1)C(C)C. The molecule has 47 heavy (non-hydrogen) atoms. The summed E-state index contributed by atoms with van der Waals surface area (Å²) in [5, 5.41) is 14.8. The van der Waals surface area contributed by atoms with Gasteiger partial charge in [0.05, 0.1) is 17.6 Å². The number of hydrogen-bond acceptors (Lipinski definition) is 6. The summed E-state index contributed by atoms with van der Waals surface area (Å²) in [6, 6.07) is 20.5. The Morgan fingerprint density at radius 2 is 1.49 bits per heavy atom. The Bertz CT molecular complexity index is 1500. The van der Waals surface area contributed by atoms with Crippen LogP contribution in [0.4, 0.5) is 0 Å². The third-order valence-electron chi connectivity index (χ3n) is 7.62. The van der Waals surface area contributed by atoms with Gasteiger partial charge in [-0.25, -0.2) is 0 Å². The van der Waals surface area contributed by atoms with Gasteiger partial charge in [0.2, 0.25) is 11.8 Å². The number of carbonyl (C=O) groups excluding carboxylic acids is 4. The average molecular weight is 709 g/mol. The minimum absolute atomic E-state index is 0.0865. The first-order valence-electron chi connectivity index (χ1n) is 15.9. The highest BCUT2D eigenvalue weighted by atomic mass is 79.9. The third kappa shape index (κ3) is 11.8. The molecule has 0 fully saturated rings. The van der Waals surface area contributed by atoms with Gasteiger partial charge >= 0.3 is 0 Å². The zero-order valence-corrected chi connectivity index (χ0v) is 29.3. The van der Waals surface area contributed by atoms with E-state index in [4.69, 9.17) is 4.74 Å². The lowest BCUT2D eigenvalue weighted by Gasteiger charge is -2.25. The molecule has 4 amide bonds. The van der Waals surface area contributed by atoms with Crippen molar-refractivity contribution in [3.8, 4) is 5.75 Å². The van der Waals surface area contributed by atoms with Gasteiger partial charge in [-0.05, 0) is 90.0 Å².